The number of guanidine groups is 1. The molecule has 1 rings (SSSR count). The zero-order chi connectivity index (χ0) is 19.6. The van der Waals surface area contributed by atoms with Crippen molar-refractivity contribution in [2.45, 2.75) is 43.8 Å². The van der Waals surface area contributed by atoms with Crippen LogP contribution in [0.5, 0.6) is 0 Å². The Hall–Kier alpha value is -1.28. The molecule has 8 heteroatoms. The summed E-state index contributed by atoms with van der Waals surface area (Å²) in [5.41, 5.74) is 0. The first-order chi connectivity index (χ1) is 12.2. The summed E-state index contributed by atoms with van der Waals surface area (Å²) in [6, 6.07) is 6.45. The molecule has 5 nitrogen and oxygen atoms in total. The second kappa shape index (κ2) is 10.8. The van der Waals surface area contributed by atoms with E-state index in [4.69, 9.17) is 0 Å². The van der Waals surface area contributed by atoms with E-state index in [9.17, 15) is 12.8 Å². The Bertz CT molecular complexity index is 669. The quantitative estimate of drug-likeness (QED) is 0.287. The van der Waals surface area contributed by atoms with Gasteiger partial charge < -0.3 is 10.6 Å². The van der Waals surface area contributed by atoms with E-state index in [0.29, 0.717) is 25.6 Å². The molecule has 0 unspecified atom stereocenters. The van der Waals surface area contributed by atoms with Crippen LogP contribution in [-0.4, -0.2) is 50.3 Å². The molecule has 0 radical (unpaired) electrons. The summed E-state index contributed by atoms with van der Waals surface area (Å²) in [7, 11) is -3.15. The van der Waals surface area contributed by atoms with Crippen molar-refractivity contribution in [2.75, 3.05) is 31.1 Å². The molecule has 0 bridgehead atoms. The van der Waals surface area contributed by atoms with Gasteiger partial charge in [-0.15, -0.1) is 11.8 Å². The molecule has 2 N–H and O–H groups in total. The molecule has 0 saturated carbocycles. The molecule has 0 amide bonds. The van der Waals surface area contributed by atoms with Gasteiger partial charge in [-0.05, 0) is 64.1 Å². The highest BCUT2D eigenvalue weighted by atomic mass is 32.2. The number of sulfone groups is 1. The number of thioether (sulfide) groups is 1. The van der Waals surface area contributed by atoms with E-state index in [1.54, 1.807) is 44.7 Å². The number of benzene rings is 1. The van der Waals surface area contributed by atoms with E-state index >= 15 is 0 Å². The number of hydrogen-bond acceptors (Lipinski definition) is 4. The molecular formula is C18H30FN3O2S2. The van der Waals surface area contributed by atoms with Crippen molar-refractivity contribution in [3.05, 3.63) is 30.1 Å². The number of aliphatic imine (C=N–C) groups is 1. The minimum absolute atomic E-state index is 0.0708. The molecule has 0 fully saturated rings. The molecule has 1 aromatic carbocycles. The van der Waals surface area contributed by atoms with Crippen LogP contribution in [0.15, 0.2) is 34.2 Å². The molecule has 0 spiro atoms. The molecule has 26 heavy (non-hydrogen) atoms. The Labute approximate surface area is 161 Å². The molecule has 0 aliphatic carbocycles. The molecule has 1 aromatic rings. The number of halogens is 1. The normalized spacial score (nSPS) is 12.9. The van der Waals surface area contributed by atoms with Crippen LogP contribution >= 0.6 is 11.8 Å². The second-order valence-corrected chi connectivity index (χ2v) is 10.8. The molecule has 0 saturated heterocycles. The predicted molar refractivity (Wildman–Crippen MR) is 109 cm³/mol. The van der Waals surface area contributed by atoms with Crippen LogP contribution in [0.25, 0.3) is 0 Å². The zero-order valence-corrected chi connectivity index (χ0v) is 17.6. The van der Waals surface area contributed by atoms with E-state index in [2.05, 4.69) is 15.6 Å². The first kappa shape index (κ1) is 22.8. The average Bonchev–Trinajstić information content (AvgIpc) is 2.55. The molecule has 148 valence electrons. The third kappa shape index (κ3) is 8.40. The van der Waals surface area contributed by atoms with Crippen molar-refractivity contribution in [3.8, 4) is 0 Å². The van der Waals surface area contributed by atoms with Crippen molar-refractivity contribution in [3.63, 3.8) is 0 Å². The lowest BCUT2D eigenvalue weighted by atomic mass is 10.3. The van der Waals surface area contributed by atoms with Gasteiger partial charge in [0.05, 0.1) is 10.5 Å². The Morgan fingerprint density at radius 3 is 2.42 bits per heavy atom. The van der Waals surface area contributed by atoms with Crippen molar-refractivity contribution in [2.24, 2.45) is 4.99 Å². The summed E-state index contributed by atoms with van der Waals surface area (Å²) < 4.78 is 36.3. The van der Waals surface area contributed by atoms with Gasteiger partial charge in [-0.2, -0.15) is 0 Å². The van der Waals surface area contributed by atoms with Gasteiger partial charge in [0.15, 0.2) is 15.8 Å². The highest BCUT2D eigenvalue weighted by Gasteiger charge is 2.28. The van der Waals surface area contributed by atoms with E-state index in [0.717, 1.165) is 17.1 Å². The van der Waals surface area contributed by atoms with Crippen LogP contribution in [0.1, 0.15) is 34.1 Å². The predicted octanol–water partition coefficient (Wildman–Crippen LogP) is 3.08. The van der Waals surface area contributed by atoms with Crippen LogP contribution in [-0.2, 0) is 9.84 Å². The van der Waals surface area contributed by atoms with Crippen LogP contribution in [0, 0.1) is 5.82 Å². The first-order valence-corrected chi connectivity index (χ1v) is 11.4. The summed E-state index contributed by atoms with van der Waals surface area (Å²) in [5.74, 6) is 1.35. The van der Waals surface area contributed by atoms with Gasteiger partial charge in [0.1, 0.15) is 5.82 Å². The fourth-order valence-electron chi connectivity index (χ4n) is 1.93. The van der Waals surface area contributed by atoms with Crippen molar-refractivity contribution >= 4 is 27.6 Å². The highest BCUT2D eigenvalue weighted by Crippen LogP contribution is 2.18. The molecule has 0 atom stereocenters. The number of nitrogens with zero attached hydrogens (tertiary/aromatic N) is 1. The third-order valence-electron chi connectivity index (χ3n) is 3.60. The Kier molecular flexibility index (Phi) is 9.43. The van der Waals surface area contributed by atoms with Crippen LogP contribution in [0.3, 0.4) is 0 Å². The monoisotopic (exact) mass is 403 g/mol. The summed E-state index contributed by atoms with van der Waals surface area (Å²) >= 11 is 1.66. The molecule has 0 heterocycles. The fraction of sp³-hybridized carbons (Fsp3) is 0.611. The van der Waals surface area contributed by atoms with E-state index in [1.807, 2.05) is 6.92 Å². The number of nitrogens with one attached hydrogen (secondary N) is 2. The van der Waals surface area contributed by atoms with Gasteiger partial charge in [-0.25, -0.2) is 12.8 Å². The standard InChI is InChI=1S/C18H30FN3O2S2/c1-5-20-17(22-12-14-26(23,24)18(2,3)4)21-11-6-13-25-16-9-7-15(19)8-10-16/h7-10H,5-6,11-14H2,1-4H3,(H2,20,21,22). The summed E-state index contributed by atoms with van der Waals surface area (Å²) in [5, 5.41) is 6.19. The molecular weight excluding hydrogens is 373 g/mol. The van der Waals surface area contributed by atoms with Crippen LogP contribution in [0.4, 0.5) is 4.39 Å². The molecule has 0 aromatic heterocycles. The Balaban J connectivity index is 2.37. The third-order valence-corrected chi connectivity index (χ3v) is 7.30. The lowest BCUT2D eigenvalue weighted by molar-refractivity contribution is 0.559. The average molecular weight is 404 g/mol. The fourth-order valence-corrected chi connectivity index (χ4v) is 3.75. The lowest BCUT2D eigenvalue weighted by Crippen LogP contribution is -2.41. The Morgan fingerprint density at radius 2 is 1.85 bits per heavy atom. The van der Waals surface area contributed by atoms with E-state index in [1.165, 1.54) is 12.1 Å². The van der Waals surface area contributed by atoms with E-state index < -0.39 is 14.6 Å². The lowest BCUT2D eigenvalue weighted by Gasteiger charge is -2.19. The van der Waals surface area contributed by atoms with Gasteiger partial charge in [0.2, 0.25) is 0 Å². The summed E-state index contributed by atoms with van der Waals surface area (Å²) in [6.45, 7) is 8.77. The van der Waals surface area contributed by atoms with Crippen molar-refractivity contribution in [1.29, 1.82) is 0 Å². The van der Waals surface area contributed by atoms with Crippen LogP contribution in [0.2, 0.25) is 0 Å². The first-order valence-electron chi connectivity index (χ1n) is 8.78. The number of rotatable bonds is 9. The minimum Gasteiger partial charge on any atom is -0.357 e. The maximum Gasteiger partial charge on any atom is 0.191 e. The zero-order valence-electron chi connectivity index (χ0n) is 16.0. The SMILES string of the molecule is CCNC(=NCCCSc1ccc(F)cc1)NCCS(=O)(=O)C(C)(C)C. The second-order valence-electron chi connectivity index (χ2n) is 6.77. The summed E-state index contributed by atoms with van der Waals surface area (Å²) in [6.07, 6.45) is 0.874. The largest absolute Gasteiger partial charge is 0.357 e. The topological polar surface area (TPSA) is 70.6 Å². The smallest absolute Gasteiger partial charge is 0.191 e. The Morgan fingerprint density at radius 1 is 1.19 bits per heavy atom. The summed E-state index contributed by atoms with van der Waals surface area (Å²) in [4.78, 5) is 5.50. The maximum atomic E-state index is 12.9. The van der Waals surface area contributed by atoms with Crippen LogP contribution < -0.4 is 10.6 Å². The van der Waals surface area contributed by atoms with Gasteiger partial charge in [0.25, 0.3) is 0 Å². The number of hydrogen-bond donors (Lipinski definition) is 2. The van der Waals surface area contributed by atoms with Gasteiger partial charge >= 0.3 is 0 Å². The highest BCUT2D eigenvalue weighted by molar-refractivity contribution is 7.99. The molecule has 0 aliphatic heterocycles. The van der Waals surface area contributed by atoms with Crippen molar-refractivity contribution < 1.29 is 12.8 Å². The maximum absolute atomic E-state index is 12.9. The minimum atomic E-state index is -3.15. The van der Waals surface area contributed by atoms with Crippen molar-refractivity contribution in [1.82, 2.24) is 10.6 Å². The van der Waals surface area contributed by atoms with Gasteiger partial charge in [-0.1, -0.05) is 0 Å². The molecule has 0 aliphatic rings. The van der Waals surface area contributed by atoms with E-state index in [-0.39, 0.29) is 11.6 Å². The van der Waals surface area contributed by atoms with Gasteiger partial charge in [0, 0.05) is 24.5 Å². The van der Waals surface area contributed by atoms with Gasteiger partial charge in [-0.3, -0.25) is 4.99 Å².